The van der Waals surface area contributed by atoms with Crippen molar-refractivity contribution in [2.45, 2.75) is 37.6 Å². The maximum Gasteiger partial charge on any atom is 0.305 e. The van der Waals surface area contributed by atoms with Crippen molar-refractivity contribution in [2.24, 2.45) is 0 Å². The van der Waals surface area contributed by atoms with Crippen LogP contribution in [0.25, 0.3) is 0 Å². The monoisotopic (exact) mass is 197 g/mol. The normalized spacial score (nSPS) is 24.1. The molecule has 5 heteroatoms. The maximum absolute atomic E-state index is 11.4. The molecule has 0 atom stereocenters. The number of nitrogens with zero attached hydrogens (tertiary/aromatic N) is 1. The molecular formula is C9H11NO4. The number of hydrogen-bond donors (Lipinski definition) is 1. The lowest BCUT2D eigenvalue weighted by Gasteiger charge is -2.28. The Balaban J connectivity index is 2.29. The molecule has 0 unspecified atom stereocenters. The van der Waals surface area contributed by atoms with Crippen LogP contribution in [0.1, 0.15) is 32.1 Å². The topological polar surface area (TPSA) is 74.7 Å². The first-order chi connectivity index (χ1) is 6.55. The minimum absolute atomic E-state index is 0.107. The van der Waals surface area contributed by atoms with Crippen LogP contribution in [0.5, 0.6) is 0 Å². The Kier molecular flexibility index (Phi) is 1.83. The number of carboxylic acid groups (broad SMARTS) is 1. The Bertz CT molecular complexity index is 303. The number of rotatable bonds is 2. The second kappa shape index (κ2) is 2.80. The summed E-state index contributed by atoms with van der Waals surface area (Å²) < 4.78 is 0. The summed E-state index contributed by atoms with van der Waals surface area (Å²) in [4.78, 5) is 34.6. The van der Waals surface area contributed by atoms with Gasteiger partial charge in [0.25, 0.3) is 0 Å². The molecule has 2 amide bonds. The number of carbonyl (C=O) groups is 3. The largest absolute Gasteiger partial charge is 0.481 e. The molecule has 2 rings (SSSR count). The van der Waals surface area contributed by atoms with E-state index in [0.29, 0.717) is 25.7 Å². The molecule has 0 bridgehead atoms. The zero-order chi connectivity index (χ0) is 10.3. The smallest absolute Gasteiger partial charge is 0.305 e. The standard InChI is InChI=1S/C9H11NO4/c11-6-1-3-9(5-8(13)14)4-2-7(12)10(6)9/h1-5H2,(H,13,14). The van der Waals surface area contributed by atoms with Crippen molar-refractivity contribution in [3.05, 3.63) is 0 Å². The maximum atomic E-state index is 11.4. The van der Waals surface area contributed by atoms with Crippen LogP contribution in [0, 0.1) is 0 Å². The van der Waals surface area contributed by atoms with Crippen LogP contribution >= 0.6 is 0 Å². The van der Waals surface area contributed by atoms with Gasteiger partial charge in [0.1, 0.15) is 0 Å². The summed E-state index contributed by atoms with van der Waals surface area (Å²) in [6, 6.07) is 0. The molecule has 0 aromatic heterocycles. The second-order valence-corrected chi connectivity index (χ2v) is 3.92. The van der Waals surface area contributed by atoms with Gasteiger partial charge in [0, 0.05) is 12.8 Å². The molecule has 1 N–H and O–H groups in total. The van der Waals surface area contributed by atoms with E-state index in [0.717, 1.165) is 0 Å². The van der Waals surface area contributed by atoms with Crippen LogP contribution in [0.4, 0.5) is 0 Å². The van der Waals surface area contributed by atoms with E-state index < -0.39 is 11.5 Å². The Morgan fingerprint density at radius 1 is 1.29 bits per heavy atom. The van der Waals surface area contributed by atoms with Gasteiger partial charge >= 0.3 is 5.97 Å². The predicted molar refractivity (Wildman–Crippen MR) is 45.3 cm³/mol. The van der Waals surface area contributed by atoms with Crippen LogP contribution in [0.15, 0.2) is 0 Å². The lowest BCUT2D eigenvalue weighted by atomic mass is 9.90. The fraction of sp³-hybridized carbons (Fsp3) is 0.667. The summed E-state index contributed by atoms with van der Waals surface area (Å²) in [6.45, 7) is 0. The number of carbonyl (C=O) groups excluding carboxylic acids is 2. The minimum atomic E-state index is -0.945. The number of amides is 2. The number of carboxylic acids is 1. The molecule has 0 spiro atoms. The lowest BCUT2D eigenvalue weighted by Crippen LogP contribution is -2.44. The van der Waals surface area contributed by atoms with Gasteiger partial charge in [-0.05, 0) is 12.8 Å². The van der Waals surface area contributed by atoms with Crippen molar-refractivity contribution in [1.82, 2.24) is 4.90 Å². The molecule has 2 saturated heterocycles. The van der Waals surface area contributed by atoms with Gasteiger partial charge in [0.2, 0.25) is 11.8 Å². The van der Waals surface area contributed by atoms with E-state index >= 15 is 0 Å². The first-order valence-electron chi connectivity index (χ1n) is 4.63. The Labute approximate surface area is 80.7 Å². The molecule has 2 fully saturated rings. The molecule has 14 heavy (non-hydrogen) atoms. The highest BCUT2D eigenvalue weighted by atomic mass is 16.4. The van der Waals surface area contributed by atoms with Gasteiger partial charge in [-0.15, -0.1) is 0 Å². The van der Waals surface area contributed by atoms with Crippen molar-refractivity contribution < 1.29 is 19.5 Å². The van der Waals surface area contributed by atoms with Crippen LogP contribution in [0.2, 0.25) is 0 Å². The van der Waals surface area contributed by atoms with Crippen LogP contribution < -0.4 is 0 Å². The minimum Gasteiger partial charge on any atom is -0.481 e. The fourth-order valence-electron chi connectivity index (χ4n) is 2.46. The first-order valence-corrected chi connectivity index (χ1v) is 4.63. The van der Waals surface area contributed by atoms with Gasteiger partial charge in [0.15, 0.2) is 0 Å². The molecule has 0 saturated carbocycles. The highest BCUT2D eigenvalue weighted by Crippen LogP contribution is 2.42. The fourth-order valence-corrected chi connectivity index (χ4v) is 2.46. The summed E-state index contributed by atoms with van der Waals surface area (Å²) in [7, 11) is 0. The van der Waals surface area contributed by atoms with Gasteiger partial charge in [-0.2, -0.15) is 0 Å². The van der Waals surface area contributed by atoms with E-state index in [1.165, 1.54) is 4.90 Å². The Morgan fingerprint density at radius 3 is 2.21 bits per heavy atom. The van der Waals surface area contributed by atoms with Gasteiger partial charge in [0.05, 0.1) is 12.0 Å². The summed E-state index contributed by atoms with van der Waals surface area (Å²) in [5.74, 6) is -1.37. The van der Waals surface area contributed by atoms with E-state index in [4.69, 9.17) is 5.11 Å². The highest BCUT2D eigenvalue weighted by Gasteiger charge is 2.53. The van der Waals surface area contributed by atoms with Gasteiger partial charge in [-0.25, -0.2) is 0 Å². The molecule has 0 radical (unpaired) electrons. The van der Waals surface area contributed by atoms with E-state index in [9.17, 15) is 14.4 Å². The number of imide groups is 1. The molecule has 2 aliphatic heterocycles. The predicted octanol–water partition coefficient (Wildman–Crippen LogP) is 0.143. The highest BCUT2D eigenvalue weighted by molar-refractivity contribution is 6.00. The second-order valence-electron chi connectivity index (χ2n) is 3.92. The van der Waals surface area contributed by atoms with Gasteiger partial charge < -0.3 is 5.11 Å². The summed E-state index contributed by atoms with van der Waals surface area (Å²) in [5.41, 5.74) is -0.694. The first kappa shape index (κ1) is 9.18. The third-order valence-corrected chi connectivity index (χ3v) is 3.06. The molecule has 0 aromatic carbocycles. The van der Waals surface area contributed by atoms with Gasteiger partial charge in [-0.3, -0.25) is 19.3 Å². The molecule has 0 aromatic rings. The van der Waals surface area contributed by atoms with E-state index in [2.05, 4.69) is 0 Å². The molecule has 5 nitrogen and oxygen atoms in total. The molecule has 2 aliphatic rings. The third kappa shape index (κ3) is 1.12. The van der Waals surface area contributed by atoms with Crippen molar-refractivity contribution in [3.63, 3.8) is 0 Å². The van der Waals surface area contributed by atoms with E-state index in [-0.39, 0.29) is 18.2 Å². The molecular weight excluding hydrogens is 186 g/mol. The van der Waals surface area contributed by atoms with Crippen LogP contribution in [-0.4, -0.2) is 33.3 Å². The zero-order valence-electron chi connectivity index (χ0n) is 7.65. The van der Waals surface area contributed by atoms with Crippen molar-refractivity contribution in [2.75, 3.05) is 0 Å². The van der Waals surface area contributed by atoms with E-state index in [1.807, 2.05) is 0 Å². The Morgan fingerprint density at radius 2 is 1.79 bits per heavy atom. The Hall–Kier alpha value is -1.39. The molecule has 0 aliphatic carbocycles. The summed E-state index contributed by atoms with van der Waals surface area (Å²) in [6.07, 6.45) is 1.51. The summed E-state index contributed by atoms with van der Waals surface area (Å²) in [5, 5.41) is 8.74. The van der Waals surface area contributed by atoms with Crippen LogP contribution in [0.3, 0.4) is 0 Å². The SMILES string of the molecule is O=C(O)CC12CCC(=O)N1C(=O)CC2. The number of hydrogen-bond acceptors (Lipinski definition) is 3. The van der Waals surface area contributed by atoms with Crippen molar-refractivity contribution in [1.29, 1.82) is 0 Å². The van der Waals surface area contributed by atoms with E-state index in [1.54, 1.807) is 0 Å². The number of aliphatic carboxylic acids is 1. The average Bonchev–Trinajstić information content (AvgIpc) is 2.54. The quantitative estimate of drug-likeness (QED) is 0.639. The molecule has 76 valence electrons. The van der Waals surface area contributed by atoms with Crippen molar-refractivity contribution >= 4 is 17.8 Å². The van der Waals surface area contributed by atoms with Gasteiger partial charge in [-0.1, -0.05) is 0 Å². The number of fused-ring (bicyclic) bond motifs is 1. The third-order valence-electron chi connectivity index (χ3n) is 3.06. The zero-order valence-corrected chi connectivity index (χ0v) is 7.65. The summed E-state index contributed by atoms with van der Waals surface area (Å²) >= 11 is 0. The molecule has 2 heterocycles. The van der Waals surface area contributed by atoms with Crippen LogP contribution in [-0.2, 0) is 14.4 Å². The average molecular weight is 197 g/mol. The van der Waals surface area contributed by atoms with Crippen molar-refractivity contribution in [3.8, 4) is 0 Å². The lowest BCUT2D eigenvalue weighted by molar-refractivity contribution is -0.145.